The fraction of sp³-hybridized carbons (Fsp3) is 1.00. The van der Waals surface area contributed by atoms with Crippen LogP contribution in [-0.2, 0) is 4.74 Å². The van der Waals surface area contributed by atoms with Gasteiger partial charge in [0.1, 0.15) is 0 Å². The van der Waals surface area contributed by atoms with Crippen LogP contribution in [0.15, 0.2) is 0 Å². The second-order valence-corrected chi connectivity index (χ2v) is 2.97. The van der Waals surface area contributed by atoms with E-state index in [9.17, 15) is 0 Å². The summed E-state index contributed by atoms with van der Waals surface area (Å²) in [4.78, 5) is 2.31. The van der Waals surface area contributed by atoms with Crippen molar-refractivity contribution < 1.29 is 9.84 Å². The average molecular weight is 143 g/mol. The molecule has 1 saturated heterocycles. The molecule has 3 heteroatoms. The Morgan fingerprint density at radius 2 is 2.50 bits per heavy atom. The fourth-order valence-corrected chi connectivity index (χ4v) is 1.62. The van der Waals surface area contributed by atoms with E-state index < -0.39 is 0 Å². The highest BCUT2D eigenvalue weighted by Crippen LogP contribution is 2.33. The molecule has 2 rings (SSSR count). The Balaban J connectivity index is 1.84. The smallest absolute Gasteiger partial charge is 0.0747 e. The zero-order valence-corrected chi connectivity index (χ0v) is 5.99. The second-order valence-electron chi connectivity index (χ2n) is 2.97. The van der Waals surface area contributed by atoms with Gasteiger partial charge in [0.25, 0.3) is 0 Å². The van der Waals surface area contributed by atoms with E-state index in [0.717, 1.165) is 19.7 Å². The molecule has 3 nitrogen and oxygen atoms in total. The summed E-state index contributed by atoms with van der Waals surface area (Å²) in [5.74, 6) is 0. The molecule has 0 aromatic heterocycles. The summed E-state index contributed by atoms with van der Waals surface area (Å²) in [6, 6.07) is 0.640. The number of ether oxygens (including phenoxy) is 1. The summed E-state index contributed by atoms with van der Waals surface area (Å²) in [5, 5.41) is 8.67. The predicted octanol–water partition coefficient (Wildman–Crippen LogP) is -0.548. The molecule has 1 heterocycles. The molecule has 2 atom stereocenters. The van der Waals surface area contributed by atoms with Crippen LogP contribution in [0.2, 0.25) is 0 Å². The van der Waals surface area contributed by atoms with Gasteiger partial charge in [-0.05, 0) is 6.42 Å². The summed E-state index contributed by atoms with van der Waals surface area (Å²) in [7, 11) is 0. The molecule has 2 fully saturated rings. The number of morpholine rings is 1. The lowest BCUT2D eigenvalue weighted by Crippen LogP contribution is -2.38. The molecule has 58 valence electrons. The van der Waals surface area contributed by atoms with Crippen molar-refractivity contribution in [2.24, 2.45) is 0 Å². The van der Waals surface area contributed by atoms with E-state index in [1.165, 1.54) is 6.42 Å². The van der Waals surface area contributed by atoms with Crippen LogP contribution in [0.5, 0.6) is 0 Å². The van der Waals surface area contributed by atoms with Crippen LogP contribution in [0.3, 0.4) is 0 Å². The quantitative estimate of drug-likeness (QED) is 0.563. The topological polar surface area (TPSA) is 32.7 Å². The molecule has 0 bridgehead atoms. The van der Waals surface area contributed by atoms with Crippen molar-refractivity contribution in [2.75, 3.05) is 26.3 Å². The molecular weight excluding hydrogens is 130 g/mol. The van der Waals surface area contributed by atoms with E-state index in [1.54, 1.807) is 0 Å². The normalized spacial score (nSPS) is 39.3. The Bertz CT molecular complexity index is 127. The maximum Gasteiger partial charge on any atom is 0.0747 e. The van der Waals surface area contributed by atoms with Crippen molar-refractivity contribution in [3.63, 3.8) is 0 Å². The predicted molar refractivity (Wildman–Crippen MR) is 36.8 cm³/mol. The first-order chi connectivity index (χ1) is 4.92. The summed E-state index contributed by atoms with van der Waals surface area (Å²) < 4.78 is 5.41. The molecule has 0 radical (unpaired) electrons. The summed E-state index contributed by atoms with van der Waals surface area (Å²) in [6.45, 7) is 2.96. The van der Waals surface area contributed by atoms with Gasteiger partial charge in [0.2, 0.25) is 0 Å². The van der Waals surface area contributed by atoms with Crippen LogP contribution in [-0.4, -0.2) is 48.5 Å². The Labute approximate surface area is 60.6 Å². The minimum atomic E-state index is 0.281. The van der Waals surface area contributed by atoms with Gasteiger partial charge in [0.05, 0.1) is 19.3 Å². The van der Waals surface area contributed by atoms with Crippen molar-refractivity contribution in [3.8, 4) is 0 Å². The van der Waals surface area contributed by atoms with Crippen molar-refractivity contribution in [3.05, 3.63) is 0 Å². The van der Waals surface area contributed by atoms with Gasteiger partial charge >= 0.3 is 0 Å². The van der Waals surface area contributed by atoms with Crippen LogP contribution in [0, 0.1) is 0 Å². The summed E-state index contributed by atoms with van der Waals surface area (Å²) in [6.07, 6.45) is 1.68. The summed E-state index contributed by atoms with van der Waals surface area (Å²) in [5.41, 5.74) is 0. The minimum Gasteiger partial charge on any atom is -0.395 e. The molecule has 0 amide bonds. The number of hydrogen-bond donors (Lipinski definition) is 1. The maximum atomic E-state index is 8.67. The molecular formula is C7H13NO2. The van der Waals surface area contributed by atoms with Crippen molar-refractivity contribution in [1.82, 2.24) is 4.90 Å². The summed E-state index contributed by atoms with van der Waals surface area (Å²) >= 11 is 0. The largest absolute Gasteiger partial charge is 0.395 e. The molecule has 10 heavy (non-hydrogen) atoms. The molecule has 0 aromatic rings. The average Bonchev–Trinajstić information content (AvgIpc) is 2.67. The molecule has 0 aromatic carbocycles. The van der Waals surface area contributed by atoms with Crippen molar-refractivity contribution in [1.29, 1.82) is 0 Å². The number of β-amino-alcohol motifs (C(OH)–C–C–N with tert-alkyl or cyclic N) is 1. The zero-order valence-electron chi connectivity index (χ0n) is 5.99. The molecule has 0 spiro atoms. The number of nitrogens with zero attached hydrogens (tertiary/aromatic N) is 1. The number of aliphatic hydroxyl groups excluding tert-OH is 1. The fourth-order valence-electron chi connectivity index (χ4n) is 1.62. The molecule has 1 aliphatic heterocycles. The highest BCUT2D eigenvalue weighted by molar-refractivity contribution is 4.99. The Morgan fingerprint density at radius 3 is 3.30 bits per heavy atom. The standard InChI is InChI=1S/C7H13NO2/c9-3-1-8-2-4-10-7-5-6(7)8/h6-7,9H,1-5H2. The van der Waals surface area contributed by atoms with Gasteiger partial charge in [-0.1, -0.05) is 0 Å². The Morgan fingerprint density at radius 1 is 1.60 bits per heavy atom. The van der Waals surface area contributed by atoms with Crippen LogP contribution in [0.1, 0.15) is 6.42 Å². The Hall–Kier alpha value is -0.120. The molecule has 1 N–H and O–H groups in total. The van der Waals surface area contributed by atoms with Gasteiger partial charge < -0.3 is 9.84 Å². The minimum absolute atomic E-state index is 0.281. The van der Waals surface area contributed by atoms with Crippen LogP contribution in [0.4, 0.5) is 0 Å². The number of fused-ring (bicyclic) bond motifs is 1. The van der Waals surface area contributed by atoms with E-state index in [-0.39, 0.29) is 6.61 Å². The Kier molecular flexibility index (Phi) is 1.64. The third-order valence-corrected chi connectivity index (χ3v) is 2.27. The van der Waals surface area contributed by atoms with Crippen LogP contribution < -0.4 is 0 Å². The maximum absolute atomic E-state index is 8.67. The first kappa shape index (κ1) is 6.58. The number of rotatable bonds is 2. The zero-order chi connectivity index (χ0) is 6.97. The second kappa shape index (κ2) is 2.49. The molecule has 1 saturated carbocycles. The third-order valence-electron chi connectivity index (χ3n) is 2.27. The van der Waals surface area contributed by atoms with Gasteiger partial charge in [-0.25, -0.2) is 0 Å². The van der Waals surface area contributed by atoms with E-state index in [2.05, 4.69) is 4.90 Å². The van der Waals surface area contributed by atoms with E-state index in [0.29, 0.717) is 12.1 Å². The van der Waals surface area contributed by atoms with E-state index in [4.69, 9.17) is 9.84 Å². The van der Waals surface area contributed by atoms with E-state index in [1.807, 2.05) is 0 Å². The highest BCUT2D eigenvalue weighted by atomic mass is 16.5. The first-order valence-corrected chi connectivity index (χ1v) is 3.88. The lowest BCUT2D eigenvalue weighted by molar-refractivity contribution is 0.0248. The van der Waals surface area contributed by atoms with Crippen molar-refractivity contribution in [2.45, 2.75) is 18.6 Å². The number of hydrogen-bond acceptors (Lipinski definition) is 3. The van der Waals surface area contributed by atoms with Gasteiger partial charge in [-0.15, -0.1) is 0 Å². The molecule has 1 aliphatic carbocycles. The SMILES string of the molecule is OCCN1CCOC2CC21. The van der Waals surface area contributed by atoms with E-state index >= 15 is 0 Å². The van der Waals surface area contributed by atoms with Crippen LogP contribution in [0.25, 0.3) is 0 Å². The molecule has 2 aliphatic rings. The van der Waals surface area contributed by atoms with Gasteiger partial charge in [-0.3, -0.25) is 4.90 Å². The van der Waals surface area contributed by atoms with Crippen LogP contribution >= 0.6 is 0 Å². The van der Waals surface area contributed by atoms with Gasteiger partial charge in [0, 0.05) is 19.1 Å². The first-order valence-electron chi connectivity index (χ1n) is 3.88. The molecule has 2 unspecified atom stereocenters. The number of aliphatic hydroxyl groups is 1. The third kappa shape index (κ3) is 1.05. The lowest BCUT2D eigenvalue weighted by atomic mass is 10.4. The monoisotopic (exact) mass is 143 g/mol. The van der Waals surface area contributed by atoms with Gasteiger partial charge in [-0.2, -0.15) is 0 Å². The van der Waals surface area contributed by atoms with Crippen molar-refractivity contribution >= 4 is 0 Å². The highest BCUT2D eigenvalue weighted by Gasteiger charge is 2.45. The lowest BCUT2D eigenvalue weighted by Gasteiger charge is -2.25. The van der Waals surface area contributed by atoms with Gasteiger partial charge in [0.15, 0.2) is 0 Å².